The van der Waals surface area contributed by atoms with Crippen molar-refractivity contribution in [1.29, 1.82) is 0 Å². The molecule has 1 amide bonds. The highest BCUT2D eigenvalue weighted by molar-refractivity contribution is 5.73. The molecule has 24 heavy (non-hydrogen) atoms. The van der Waals surface area contributed by atoms with Gasteiger partial charge in [-0.3, -0.25) is 14.9 Å². The van der Waals surface area contributed by atoms with Crippen molar-refractivity contribution in [3.8, 4) is 0 Å². The lowest BCUT2D eigenvalue weighted by molar-refractivity contribution is -0.481. The lowest BCUT2D eigenvalue weighted by atomic mass is 9.97. The highest BCUT2D eigenvalue weighted by atomic mass is 16.7. The number of carbonyl (C=O) groups is 2. The zero-order valence-electron chi connectivity index (χ0n) is 14.4. The standard InChI is InChI=1S/C15H26N2O7/c1-11(2)22-10-23-14(18)13-5-7-16(8-6-13)15(19)24-12(3)4-9-17(20)21/h11-13H,4-10H2,1-3H3. The number of nitro groups is 1. The van der Waals surface area contributed by atoms with Crippen molar-refractivity contribution >= 4 is 12.1 Å². The van der Waals surface area contributed by atoms with E-state index in [-0.39, 0.29) is 37.7 Å². The summed E-state index contributed by atoms with van der Waals surface area (Å²) in [6.07, 6.45) is 0.154. The third-order valence-electron chi connectivity index (χ3n) is 3.71. The molecule has 0 aromatic rings. The molecule has 1 aliphatic rings. The zero-order chi connectivity index (χ0) is 18.1. The number of likely N-dealkylation sites (tertiary alicyclic amines) is 1. The van der Waals surface area contributed by atoms with Crippen molar-refractivity contribution in [1.82, 2.24) is 4.90 Å². The van der Waals surface area contributed by atoms with Crippen LogP contribution in [-0.2, 0) is 19.0 Å². The van der Waals surface area contributed by atoms with Gasteiger partial charge in [-0.25, -0.2) is 4.79 Å². The molecule has 0 aromatic carbocycles. The summed E-state index contributed by atoms with van der Waals surface area (Å²) in [5, 5.41) is 10.3. The van der Waals surface area contributed by atoms with E-state index in [1.807, 2.05) is 13.8 Å². The Morgan fingerprint density at radius 1 is 1.25 bits per heavy atom. The Morgan fingerprint density at radius 2 is 1.88 bits per heavy atom. The van der Waals surface area contributed by atoms with Gasteiger partial charge >= 0.3 is 12.1 Å². The average molecular weight is 346 g/mol. The molecule has 0 radical (unpaired) electrons. The molecule has 1 saturated heterocycles. The fourth-order valence-electron chi connectivity index (χ4n) is 2.24. The second kappa shape index (κ2) is 10.1. The summed E-state index contributed by atoms with van der Waals surface area (Å²) < 4.78 is 15.4. The third-order valence-corrected chi connectivity index (χ3v) is 3.71. The van der Waals surface area contributed by atoms with Gasteiger partial charge in [-0.05, 0) is 33.6 Å². The molecule has 138 valence electrons. The van der Waals surface area contributed by atoms with Gasteiger partial charge in [-0.15, -0.1) is 0 Å². The number of rotatable bonds is 8. The molecule has 0 N–H and O–H groups in total. The van der Waals surface area contributed by atoms with E-state index in [2.05, 4.69) is 0 Å². The molecular weight excluding hydrogens is 320 g/mol. The summed E-state index contributed by atoms with van der Waals surface area (Å²) >= 11 is 0. The number of esters is 1. The van der Waals surface area contributed by atoms with Gasteiger partial charge in [0, 0.05) is 24.4 Å². The zero-order valence-corrected chi connectivity index (χ0v) is 14.4. The van der Waals surface area contributed by atoms with Crippen LogP contribution in [0.15, 0.2) is 0 Å². The van der Waals surface area contributed by atoms with E-state index < -0.39 is 17.1 Å². The number of carbonyl (C=O) groups excluding carboxylic acids is 2. The molecule has 1 unspecified atom stereocenters. The van der Waals surface area contributed by atoms with Crippen LogP contribution in [0.3, 0.4) is 0 Å². The van der Waals surface area contributed by atoms with Gasteiger partial charge in [0.2, 0.25) is 6.54 Å². The lowest BCUT2D eigenvalue weighted by Gasteiger charge is -2.31. The molecule has 0 bridgehead atoms. The highest BCUT2D eigenvalue weighted by Gasteiger charge is 2.29. The monoisotopic (exact) mass is 346 g/mol. The lowest BCUT2D eigenvalue weighted by Crippen LogP contribution is -2.42. The molecule has 0 aromatic heterocycles. The molecule has 1 aliphatic heterocycles. The highest BCUT2D eigenvalue weighted by Crippen LogP contribution is 2.20. The Morgan fingerprint density at radius 3 is 2.42 bits per heavy atom. The largest absolute Gasteiger partial charge is 0.446 e. The van der Waals surface area contributed by atoms with Crippen LogP contribution in [0.1, 0.15) is 40.0 Å². The molecule has 1 rings (SSSR count). The topological polar surface area (TPSA) is 108 Å². The molecule has 0 spiro atoms. The Hall–Kier alpha value is -1.90. The van der Waals surface area contributed by atoms with Crippen molar-refractivity contribution in [2.75, 3.05) is 26.4 Å². The quantitative estimate of drug-likeness (QED) is 0.285. The fraction of sp³-hybridized carbons (Fsp3) is 0.867. The first-order valence-corrected chi connectivity index (χ1v) is 8.15. The number of hydrogen-bond donors (Lipinski definition) is 0. The van der Waals surface area contributed by atoms with Crippen LogP contribution in [0.4, 0.5) is 4.79 Å². The van der Waals surface area contributed by atoms with Crippen LogP contribution in [0.25, 0.3) is 0 Å². The molecule has 1 heterocycles. The van der Waals surface area contributed by atoms with E-state index in [4.69, 9.17) is 14.2 Å². The number of amides is 1. The summed E-state index contributed by atoms with van der Waals surface area (Å²) in [7, 11) is 0. The Balaban J connectivity index is 2.27. The molecule has 0 aliphatic carbocycles. The van der Waals surface area contributed by atoms with Gasteiger partial charge < -0.3 is 19.1 Å². The van der Waals surface area contributed by atoms with Crippen LogP contribution in [0, 0.1) is 16.0 Å². The predicted molar refractivity (Wildman–Crippen MR) is 83.9 cm³/mol. The van der Waals surface area contributed by atoms with Crippen LogP contribution in [0.2, 0.25) is 0 Å². The average Bonchev–Trinajstić information content (AvgIpc) is 2.52. The summed E-state index contributed by atoms with van der Waals surface area (Å²) in [4.78, 5) is 35.2. The molecule has 1 fully saturated rings. The molecule has 0 saturated carbocycles. The van der Waals surface area contributed by atoms with Crippen molar-refractivity contribution in [2.24, 2.45) is 5.92 Å². The van der Waals surface area contributed by atoms with Gasteiger partial charge in [0.1, 0.15) is 6.10 Å². The Labute approximate surface area is 141 Å². The maximum absolute atomic E-state index is 12.0. The Kier molecular flexibility index (Phi) is 8.45. The number of ether oxygens (including phenoxy) is 3. The van der Waals surface area contributed by atoms with Gasteiger partial charge in [-0.2, -0.15) is 0 Å². The maximum atomic E-state index is 12.0. The van der Waals surface area contributed by atoms with Crippen molar-refractivity contribution in [3.63, 3.8) is 0 Å². The minimum Gasteiger partial charge on any atom is -0.446 e. The normalized spacial score (nSPS) is 16.8. The smallest absolute Gasteiger partial charge is 0.410 e. The maximum Gasteiger partial charge on any atom is 0.410 e. The van der Waals surface area contributed by atoms with E-state index in [9.17, 15) is 19.7 Å². The van der Waals surface area contributed by atoms with Gasteiger partial charge in [0.05, 0.1) is 12.0 Å². The molecule has 9 nitrogen and oxygen atoms in total. The van der Waals surface area contributed by atoms with E-state index >= 15 is 0 Å². The Bertz CT molecular complexity index is 434. The first-order chi connectivity index (χ1) is 11.3. The predicted octanol–water partition coefficient (Wildman–Crippen LogP) is 1.82. The minimum atomic E-state index is -0.515. The minimum absolute atomic E-state index is 0.00767. The van der Waals surface area contributed by atoms with Gasteiger partial charge in [0.15, 0.2) is 6.79 Å². The molecule has 1 atom stereocenters. The van der Waals surface area contributed by atoms with E-state index in [0.717, 1.165) is 0 Å². The second-order valence-electron chi connectivity index (χ2n) is 6.10. The van der Waals surface area contributed by atoms with Crippen molar-refractivity contribution in [3.05, 3.63) is 10.1 Å². The van der Waals surface area contributed by atoms with Gasteiger partial charge in [-0.1, -0.05) is 0 Å². The van der Waals surface area contributed by atoms with Crippen LogP contribution in [-0.4, -0.2) is 60.5 Å². The number of hydrogen-bond acceptors (Lipinski definition) is 7. The van der Waals surface area contributed by atoms with Gasteiger partial charge in [0.25, 0.3) is 0 Å². The van der Waals surface area contributed by atoms with E-state index in [0.29, 0.717) is 25.9 Å². The molecule has 9 heteroatoms. The fourth-order valence-corrected chi connectivity index (χ4v) is 2.24. The number of nitrogens with zero attached hydrogens (tertiary/aromatic N) is 2. The first kappa shape index (κ1) is 20.1. The second-order valence-corrected chi connectivity index (χ2v) is 6.10. The van der Waals surface area contributed by atoms with Crippen molar-refractivity contribution in [2.45, 2.75) is 52.2 Å². The third kappa shape index (κ3) is 7.58. The van der Waals surface area contributed by atoms with Crippen molar-refractivity contribution < 1.29 is 28.7 Å². The summed E-state index contributed by atoms with van der Waals surface area (Å²) in [5.74, 6) is -0.570. The van der Waals surface area contributed by atoms with E-state index in [1.165, 1.54) is 4.90 Å². The summed E-state index contributed by atoms with van der Waals surface area (Å²) in [6.45, 7) is 5.82. The summed E-state index contributed by atoms with van der Waals surface area (Å²) in [6, 6.07) is 0. The first-order valence-electron chi connectivity index (χ1n) is 8.15. The van der Waals surface area contributed by atoms with Crippen LogP contribution >= 0.6 is 0 Å². The summed E-state index contributed by atoms with van der Waals surface area (Å²) in [5.41, 5.74) is 0. The van der Waals surface area contributed by atoms with E-state index in [1.54, 1.807) is 6.92 Å². The van der Waals surface area contributed by atoms with Crippen LogP contribution < -0.4 is 0 Å². The number of piperidine rings is 1. The van der Waals surface area contributed by atoms with Crippen LogP contribution in [0.5, 0.6) is 0 Å². The SMILES string of the molecule is CC(C)OCOC(=O)C1CCN(C(=O)OC(C)CC[N+](=O)[O-])CC1. The molecular formula is C15H26N2O7.